The molecule has 9 aromatic carbocycles. The SMILES string of the molecule is c1ccc(-c2ccc3c(c2)oc2cccc(-c4nc(-c5ccc6ccc7ccccc7c6c5)nc(-c5ccc6ccc7ccccc7c6c5)n4)c23)cc1. The number of benzene rings is 9. The van der Waals surface area contributed by atoms with Gasteiger partial charge in [0.1, 0.15) is 11.2 Å². The summed E-state index contributed by atoms with van der Waals surface area (Å²) in [6.07, 6.45) is 0. The van der Waals surface area contributed by atoms with Crippen LogP contribution < -0.4 is 0 Å². The van der Waals surface area contributed by atoms with Crippen LogP contribution in [0.5, 0.6) is 0 Å². The first-order valence-corrected chi connectivity index (χ1v) is 17.8. The Morgan fingerprint density at radius 1 is 0.302 bits per heavy atom. The zero-order valence-electron chi connectivity index (χ0n) is 28.5. The highest BCUT2D eigenvalue weighted by Crippen LogP contribution is 2.39. The van der Waals surface area contributed by atoms with Crippen LogP contribution in [0.25, 0.3) is 110 Å². The standard InChI is InChI=1S/C49H29N3O/c1-2-9-30(10-3-1)35-25-26-40-45(29-35)53-44-16-8-15-41(46(40)44)49-51-47(36-23-21-33-19-17-31-11-4-6-13-38(31)42(33)27-36)50-48(52-49)37-24-22-34-20-18-32-12-5-7-14-39(32)43(34)28-37/h1-29H. The van der Waals surface area contributed by atoms with E-state index in [9.17, 15) is 0 Å². The average molecular weight is 676 g/mol. The molecule has 4 heteroatoms. The number of hydrogen-bond donors (Lipinski definition) is 0. The molecular weight excluding hydrogens is 647 g/mol. The maximum absolute atomic E-state index is 6.51. The zero-order valence-corrected chi connectivity index (χ0v) is 28.5. The first-order chi connectivity index (χ1) is 26.2. The Morgan fingerprint density at radius 2 is 0.830 bits per heavy atom. The fourth-order valence-electron chi connectivity index (χ4n) is 7.86. The second-order valence-corrected chi connectivity index (χ2v) is 13.6. The van der Waals surface area contributed by atoms with Crippen LogP contribution in [0, 0.1) is 0 Å². The second kappa shape index (κ2) is 11.7. The summed E-state index contributed by atoms with van der Waals surface area (Å²) >= 11 is 0. The second-order valence-electron chi connectivity index (χ2n) is 13.6. The van der Waals surface area contributed by atoms with E-state index in [1.165, 1.54) is 43.1 Å². The van der Waals surface area contributed by atoms with E-state index in [2.05, 4.69) is 158 Å². The Kier molecular flexibility index (Phi) is 6.52. The summed E-state index contributed by atoms with van der Waals surface area (Å²) < 4.78 is 6.51. The van der Waals surface area contributed by atoms with E-state index in [0.29, 0.717) is 17.5 Å². The summed E-state index contributed by atoms with van der Waals surface area (Å²) in [4.78, 5) is 15.7. The van der Waals surface area contributed by atoms with Gasteiger partial charge in [-0.2, -0.15) is 0 Å². The molecule has 0 atom stereocenters. The number of nitrogens with zero attached hydrogens (tertiary/aromatic N) is 3. The molecule has 0 saturated carbocycles. The summed E-state index contributed by atoms with van der Waals surface area (Å²) in [6, 6.07) is 61.7. The fraction of sp³-hybridized carbons (Fsp3) is 0. The van der Waals surface area contributed by atoms with E-state index >= 15 is 0 Å². The zero-order chi connectivity index (χ0) is 34.9. The van der Waals surface area contributed by atoms with Gasteiger partial charge in [0.05, 0.1) is 0 Å². The Morgan fingerprint density at radius 3 is 1.47 bits per heavy atom. The molecule has 0 fully saturated rings. The molecular formula is C49H29N3O. The van der Waals surface area contributed by atoms with Gasteiger partial charge >= 0.3 is 0 Å². The highest BCUT2D eigenvalue weighted by Gasteiger charge is 2.19. The van der Waals surface area contributed by atoms with Gasteiger partial charge in [0.15, 0.2) is 17.5 Å². The molecule has 0 spiro atoms. The van der Waals surface area contributed by atoms with Gasteiger partial charge in [0.25, 0.3) is 0 Å². The third kappa shape index (κ3) is 4.88. The Balaban J connectivity index is 1.15. The van der Waals surface area contributed by atoms with E-state index in [0.717, 1.165) is 49.8 Å². The molecule has 0 aliphatic carbocycles. The monoisotopic (exact) mass is 675 g/mol. The van der Waals surface area contributed by atoms with Crippen molar-refractivity contribution in [1.29, 1.82) is 0 Å². The number of fused-ring (bicyclic) bond motifs is 9. The quantitative estimate of drug-likeness (QED) is 0.174. The van der Waals surface area contributed by atoms with Crippen LogP contribution in [0.3, 0.4) is 0 Å². The Labute approximate surface area is 304 Å². The summed E-state index contributed by atoms with van der Waals surface area (Å²) in [5, 5.41) is 11.5. The minimum atomic E-state index is 0.599. The largest absolute Gasteiger partial charge is 0.456 e. The molecule has 0 unspecified atom stereocenters. The molecule has 0 saturated heterocycles. The first-order valence-electron chi connectivity index (χ1n) is 17.8. The molecule has 53 heavy (non-hydrogen) atoms. The molecule has 11 aromatic rings. The predicted molar refractivity (Wildman–Crippen MR) is 219 cm³/mol. The minimum absolute atomic E-state index is 0.599. The van der Waals surface area contributed by atoms with Gasteiger partial charge in [0.2, 0.25) is 0 Å². The van der Waals surface area contributed by atoms with Crippen molar-refractivity contribution in [3.8, 4) is 45.3 Å². The van der Waals surface area contributed by atoms with Crippen LogP contribution in [-0.2, 0) is 0 Å². The molecule has 0 aliphatic rings. The highest BCUT2D eigenvalue weighted by molar-refractivity contribution is 6.13. The summed E-state index contributed by atoms with van der Waals surface area (Å²) in [6.45, 7) is 0. The van der Waals surface area contributed by atoms with Gasteiger partial charge < -0.3 is 4.42 Å². The highest BCUT2D eigenvalue weighted by atomic mass is 16.3. The van der Waals surface area contributed by atoms with Gasteiger partial charge in [0, 0.05) is 27.5 Å². The molecule has 0 amide bonds. The van der Waals surface area contributed by atoms with Crippen LogP contribution in [0.15, 0.2) is 180 Å². The summed E-state index contributed by atoms with van der Waals surface area (Å²) in [5.41, 5.74) is 6.63. The molecule has 2 heterocycles. The molecule has 4 nitrogen and oxygen atoms in total. The lowest BCUT2D eigenvalue weighted by Crippen LogP contribution is -2.00. The normalized spacial score (nSPS) is 11.8. The third-order valence-corrected chi connectivity index (χ3v) is 10.5. The van der Waals surface area contributed by atoms with E-state index in [1.54, 1.807) is 0 Å². The number of rotatable bonds is 4. The molecule has 246 valence electrons. The number of furan rings is 1. The third-order valence-electron chi connectivity index (χ3n) is 10.5. The van der Waals surface area contributed by atoms with E-state index in [4.69, 9.17) is 19.4 Å². The van der Waals surface area contributed by atoms with Gasteiger partial charge in [-0.1, -0.05) is 146 Å². The van der Waals surface area contributed by atoms with Crippen molar-refractivity contribution in [2.75, 3.05) is 0 Å². The van der Waals surface area contributed by atoms with Crippen LogP contribution in [0.2, 0.25) is 0 Å². The summed E-state index contributed by atoms with van der Waals surface area (Å²) in [5.74, 6) is 1.84. The average Bonchev–Trinajstić information content (AvgIpc) is 3.61. The molecule has 0 aliphatic heterocycles. The number of aromatic nitrogens is 3. The van der Waals surface area contributed by atoms with Gasteiger partial charge in [-0.3, -0.25) is 0 Å². The lowest BCUT2D eigenvalue weighted by Gasteiger charge is -2.11. The van der Waals surface area contributed by atoms with E-state index < -0.39 is 0 Å². The van der Waals surface area contributed by atoms with Crippen LogP contribution in [0.1, 0.15) is 0 Å². The predicted octanol–water partition coefficient (Wildman–Crippen LogP) is 13.1. The maximum atomic E-state index is 6.51. The van der Waals surface area contributed by atoms with Crippen LogP contribution in [0.4, 0.5) is 0 Å². The van der Waals surface area contributed by atoms with Crippen molar-refractivity contribution >= 4 is 65.0 Å². The van der Waals surface area contributed by atoms with Crippen LogP contribution in [-0.4, -0.2) is 15.0 Å². The van der Waals surface area contributed by atoms with Crippen molar-refractivity contribution in [2.24, 2.45) is 0 Å². The topological polar surface area (TPSA) is 51.8 Å². The van der Waals surface area contributed by atoms with Gasteiger partial charge in [-0.25, -0.2) is 15.0 Å². The van der Waals surface area contributed by atoms with Gasteiger partial charge in [-0.05, 0) is 84.5 Å². The summed E-state index contributed by atoms with van der Waals surface area (Å²) in [7, 11) is 0. The van der Waals surface area contributed by atoms with E-state index in [1.807, 2.05) is 18.2 Å². The minimum Gasteiger partial charge on any atom is -0.456 e. The molecule has 0 bridgehead atoms. The molecule has 0 radical (unpaired) electrons. The van der Waals surface area contributed by atoms with Crippen molar-refractivity contribution < 1.29 is 4.42 Å². The number of hydrogen-bond acceptors (Lipinski definition) is 4. The maximum Gasteiger partial charge on any atom is 0.164 e. The van der Waals surface area contributed by atoms with E-state index in [-0.39, 0.29) is 0 Å². The lowest BCUT2D eigenvalue weighted by molar-refractivity contribution is 0.669. The van der Waals surface area contributed by atoms with Crippen molar-refractivity contribution in [3.05, 3.63) is 176 Å². The molecule has 11 rings (SSSR count). The van der Waals surface area contributed by atoms with Gasteiger partial charge in [-0.15, -0.1) is 0 Å². The molecule has 2 aromatic heterocycles. The van der Waals surface area contributed by atoms with Crippen molar-refractivity contribution in [3.63, 3.8) is 0 Å². The van der Waals surface area contributed by atoms with Crippen LogP contribution >= 0.6 is 0 Å². The fourth-order valence-corrected chi connectivity index (χ4v) is 7.86. The van der Waals surface area contributed by atoms with Crippen molar-refractivity contribution in [2.45, 2.75) is 0 Å². The van der Waals surface area contributed by atoms with Crippen molar-refractivity contribution in [1.82, 2.24) is 15.0 Å². The first kappa shape index (κ1) is 29.5. The Bertz CT molecular complexity index is 3100. The smallest absolute Gasteiger partial charge is 0.164 e. The Hall–Kier alpha value is -7.17. The molecule has 0 N–H and O–H groups in total. The lowest BCUT2D eigenvalue weighted by atomic mass is 9.99.